The lowest BCUT2D eigenvalue weighted by molar-refractivity contribution is -0.384. The minimum absolute atomic E-state index is 0.0453. The van der Waals surface area contributed by atoms with Crippen LogP contribution in [0.25, 0.3) is 22.6 Å². The van der Waals surface area contributed by atoms with Crippen molar-refractivity contribution in [3.8, 4) is 22.6 Å². The Morgan fingerprint density at radius 1 is 1.15 bits per heavy atom. The topological polar surface area (TPSA) is 110 Å². The van der Waals surface area contributed by atoms with Crippen LogP contribution < -0.4 is 5.32 Å². The highest BCUT2D eigenvalue weighted by atomic mass is 16.6. The number of hydrogen-bond acceptors (Lipinski definition) is 6. The standard InChI is InChI=1S/C18H20N6O2/c1-18(2,3)11-19-17-14(24(25)26)10-9-13(20-17)16-15(21-23-22-16)12-7-5-4-6-8-12/h4-10H,11H2,1-3H3,(H,19,20)(H,21,22,23). The van der Waals surface area contributed by atoms with Crippen molar-refractivity contribution in [2.75, 3.05) is 11.9 Å². The van der Waals surface area contributed by atoms with E-state index in [4.69, 9.17) is 0 Å². The Labute approximate surface area is 150 Å². The molecule has 0 saturated carbocycles. The summed E-state index contributed by atoms with van der Waals surface area (Å²) in [6.07, 6.45) is 0. The van der Waals surface area contributed by atoms with Gasteiger partial charge in [0.2, 0.25) is 5.82 Å². The number of anilines is 1. The van der Waals surface area contributed by atoms with Gasteiger partial charge in [-0.15, -0.1) is 5.10 Å². The van der Waals surface area contributed by atoms with E-state index >= 15 is 0 Å². The fraction of sp³-hybridized carbons (Fsp3) is 0.278. The Morgan fingerprint density at radius 3 is 2.54 bits per heavy atom. The maximum Gasteiger partial charge on any atom is 0.311 e. The van der Waals surface area contributed by atoms with Crippen molar-refractivity contribution < 1.29 is 4.92 Å². The molecule has 0 aliphatic carbocycles. The number of pyridine rings is 1. The van der Waals surface area contributed by atoms with Gasteiger partial charge in [0.1, 0.15) is 11.4 Å². The van der Waals surface area contributed by atoms with Crippen molar-refractivity contribution in [3.63, 3.8) is 0 Å². The van der Waals surface area contributed by atoms with Crippen LogP contribution in [0.1, 0.15) is 20.8 Å². The number of aromatic amines is 1. The van der Waals surface area contributed by atoms with Crippen molar-refractivity contribution in [3.05, 3.63) is 52.6 Å². The molecule has 0 fully saturated rings. The van der Waals surface area contributed by atoms with Crippen molar-refractivity contribution in [1.29, 1.82) is 0 Å². The van der Waals surface area contributed by atoms with E-state index in [9.17, 15) is 10.1 Å². The highest BCUT2D eigenvalue weighted by Gasteiger charge is 2.21. The number of benzene rings is 1. The van der Waals surface area contributed by atoms with Gasteiger partial charge in [-0.3, -0.25) is 15.2 Å². The molecule has 3 aromatic rings. The Morgan fingerprint density at radius 2 is 1.88 bits per heavy atom. The molecule has 2 N–H and O–H groups in total. The molecule has 0 bridgehead atoms. The molecule has 0 atom stereocenters. The highest BCUT2D eigenvalue weighted by molar-refractivity contribution is 5.77. The molecule has 0 amide bonds. The van der Waals surface area contributed by atoms with Gasteiger partial charge >= 0.3 is 5.69 Å². The van der Waals surface area contributed by atoms with Gasteiger partial charge < -0.3 is 5.32 Å². The molecule has 134 valence electrons. The second kappa shape index (κ2) is 6.91. The normalized spacial score (nSPS) is 11.3. The first-order chi connectivity index (χ1) is 12.3. The van der Waals surface area contributed by atoms with E-state index in [2.05, 4.69) is 25.7 Å². The monoisotopic (exact) mass is 352 g/mol. The first kappa shape index (κ1) is 17.5. The van der Waals surface area contributed by atoms with Gasteiger partial charge in [-0.05, 0) is 11.5 Å². The van der Waals surface area contributed by atoms with Crippen LogP contribution in [-0.4, -0.2) is 31.9 Å². The minimum Gasteiger partial charge on any atom is -0.364 e. The number of aromatic nitrogens is 4. The third kappa shape index (κ3) is 3.85. The lowest BCUT2D eigenvalue weighted by Crippen LogP contribution is -2.20. The molecule has 8 heteroatoms. The summed E-state index contributed by atoms with van der Waals surface area (Å²) in [6.45, 7) is 6.68. The van der Waals surface area contributed by atoms with Crippen LogP contribution in [0.15, 0.2) is 42.5 Å². The summed E-state index contributed by atoms with van der Waals surface area (Å²) < 4.78 is 0. The molecule has 0 radical (unpaired) electrons. The molecule has 0 aliphatic rings. The first-order valence-corrected chi connectivity index (χ1v) is 8.21. The number of nitro groups is 1. The van der Waals surface area contributed by atoms with E-state index in [0.29, 0.717) is 23.6 Å². The Kier molecular flexibility index (Phi) is 4.66. The summed E-state index contributed by atoms with van der Waals surface area (Å²) in [5.41, 5.74) is 2.58. The van der Waals surface area contributed by atoms with Crippen molar-refractivity contribution in [2.45, 2.75) is 20.8 Å². The average Bonchev–Trinajstić information content (AvgIpc) is 3.09. The van der Waals surface area contributed by atoms with Crippen LogP contribution >= 0.6 is 0 Å². The predicted octanol–water partition coefficient (Wildman–Crippen LogP) is 3.90. The maximum absolute atomic E-state index is 11.3. The zero-order valence-corrected chi connectivity index (χ0v) is 14.9. The van der Waals surface area contributed by atoms with Crippen molar-refractivity contribution in [1.82, 2.24) is 20.4 Å². The highest BCUT2D eigenvalue weighted by Crippen LogP contribution is 2.31. The summed E-state index contributed by atoms with van der Waals surface area (Å²) in [5.74, 6) is 0.232. The van der Waals surface area contributed by atoms with Gasteiger partial charge in [0.05, 0.1) is 10.6 Å². The van der Waals surface area contributed by atoms with Crippen molar-refractivity contribution >= 4 is 11.5 Å². The number of H-pyrrole nitrogens is 1. The first-order valence-electron chi connectivity index (χ1n) is 8.21. The molecule has 0 aliphatic heterocycles. The predicted molar refractivity (Wildman–Crippen MR) is 99.6 cm³/mol. The Hall–Kier alpha value is -3.29. The van der Waals surface area contributed by atoms with E-state index in [1.807, 2.05) is 51.1 Å². The van der Waals surface area contributed by atoms with Crippen LogP contribution in [0, 0.1) is 15.5 Å². The largest absolute Gasteiger partial charge is 0.364 e. The molecule has 2 aromatic heterocycles. The fourth-order valence-electron chi connectivity index (χ4n) is 2.42. The molecule has 1 aromatic carbocycles. The van der Waals surface area contributed by atoms with Gasteiger partial charge in [-0.2, -0.15) is 0 Å². The lowest BCUT2D eigenvalue weighted by Gasteiger charge is -2.19. The number of nitrogens with one attached hydrogen (secondary N) is 2. The molecular weight excluding hydrogens is 332 g/mol. The van der Waals surface area contributed by atoms with Crippen LogP contribution in [0.2, 0.25) is 0 Å². The third-order valence-electron chi connectivity index (χ3n) is 3.71. The van der Waals surface area contributed by atoms with E-state index in [0.717, 1.165) is 5.56 Å². The zero-order chi connectivity index (χ0) is 18.7. The fourth-order valence-corrected chi connectivity index (χ4v) is 2.42. The summed E-state index contributed by atoms with van der Waals surface area (Å²) in [5, 5.41) is 25.3. The van der Waals surface area contributed by atoms with E-state index in [1.165, 1.54) is 6.07 Å². The second-order valence-electron chi connectivity index (χ2n) is 7.14. The Balaban J connectivity index is 2.02. The summed E-state index contributed by atoms with van der Waals surface area (Å²) in [7, 11) is 0. The van der Waals surface area contributed by atoms with Gasteiger partial charge in [0.25, 0.3) is 0 Å². The van der Waals surface area contributed by atoms with Crippen LogP contribution in [-0.2, 0) is 0 Å². The molecule has 3 rings (SSSR count). The van der Waals surface area contributed by atoms with E-state index in [1.54, 1.807) is 6.07 Å². The summed E-state index contributed by atoms with van der Waals surface area (Å²) >= 11 is 0. The van der Waals surface area contributed by atoms with Gasteiger partial charge in [0, 0.05) is 18.2 Å². The van der Waals surface area contributed by atoms with Gasteiger partial charge in [-0.1, -0.05) is 56.3 Å². The molecular formula is C18H20N6O2. The van der Waals surface area contributed by atoms with Crippen LogP contribution in [0.4, 0.5) is 11.5 Å². The minimum atomic E-state index is -0.439. The molecule has 0 unspecified atom stereocenters. The summed E-state index contributed by atoms with van der Waals surface area (Å²) in [6, 6.07) is 12.6. The third-order valence-corrected chi connectivity index (χ3v) is 3.71. The quantitative estimate of drug-likeness (QED) is 0.532. The van der Waals surface area contributed by atoms with Crippen molar-refractivity contribution in [2.24, 2.45) is 5.41 Å². The summed E-state index contributed by atoms with van der Waals surface area (Å²) in [4.78, 5) is 15.3. The van der Waals surface area contributed by atoms with Gasteiger partial charge in [-0.25, -0.2) is 4.98 Å². The molecule has 2 heterocycles. The second-order valence-corrected chi connectivity index (χ2v) is 7.14. The van der Waals surface area contributed by atoms with Gasteiger partial charge in [0.15, 0.2) is 0 Å². The van der Waals surface area contributed by atoms with E-state index < -0.39 is 4.92 Å². The smallest absolute Gasteiger partial charge is 0.311 e. The van der Waals surface area contributed by atoms with Crippen LogP contribution in [0.5, 0.6) is 0 Å². The van der Waals surface area contributed by atoms with E-state index in [-0.39, 0.29) is 16.9 Å². The number of nitrogens with zero attached hydrogens (tertiary/aromatic N) is 4. The lowest BCUT2D eigenvalue weighted by atomic mass is 9.97. The van der Waals surface area contributed by atoms with Crippen LogP contribution in [0.3, 0.4) is 0 Å². The zero-order valence-electron chi connectivity index (χ0n) is 14.9. The maximum atomic E-state index is 11.3. The molecule has 0 spiro atoms. The molecule has 0 saturated heterocycles. The average molecular weight is 352 g/mol. The number of rotatable bonds is 5. The number of hydrogen-bond donors (Lipinski definition) is 2. The molecule has 8 nitrogen and oxygen atoms in total. The Bertz CT molecular complexity index is 915. The SMILES string of the molecule is CC(C)(C)CNc1nc(-c2[nH]nnc2-c2ccccc2)ccc1[N+](=O)[O-]. The molecule has 26 heavy (non-hydrogen) atoms.